The highest BCUT2D eigenvalue weighted by molar-refractivity contribution is 7.14. The Morgan fingerprint density at radius 3 is 2.83 bits per heavy atom. The molecule has 0 aliphatic carbocycles. The molecule has 1 atom stereocenters. The van der Waals surface area contributed by atoms with Crippen molar-refractivity contribution < 1.29 is 14.4 Å². The molecule has 1 saturated heterocycles. The van der Waals surface area contributed by atoms with Crippen molar-refractivity contribution in [2.24, 2.45) is 0 Å². The molecule has 1 aliphatic heterocycles. The summed E-state index contributed by atoms with van der Waals surface area (Å²) in [6.45, 7) is 4.65. The van der Waals surface area contributed by atoms with Crippen LogP contribution in [0, 0.1) is 0 Å². The lowest BCUT2D eigenvalue weighted by Gasteiger charge is -2.17. The summed E-state index contributed by atoms with van der Waals surface area (Å²) in [4.78, 5) is 41.9. The topological polar surface area (TPSA) is 109 Å². The maximum atomic E-state index is 12.1. The Bertz CT molecular complexity index is 766. The number of nitrogens with one attached hydrogen (secondary N) is 2. The highest BCUT2D eigenvalue weighted by atomic mass is 32.1. The Hall–Kier alpha value is -2.49. The van der Waals surface area contributed by atoms with Crippen LogP contribution in [0.1, 0.15) is 32.5 Å². The Morgan fingerprint density at radius 2 is 2.22 bits per heavy atom. The second kappa shape index (κ2) is 5.30. The first-order chi connectivity index (χ1) is 10.8. The normalized spacial score (nSPS) is 18.3. The number of aromatic nitrogens is 3. The van der Waals surface area contributed by atoms with Crippen LogP contribution in [0.15, 0.2) is 11.7 Å². The zero-order valence-corrected chi connectivity index (χ0v) is 13.7. The van der Waals surface area contributed by atoms with E-state index in [1.54, 1.807) is 37.0 Å². The third-order valence-electron chi connectivity index (χ3n) is 3.57. The second-order valence-corrected chi connectivity index (χ2v) is 6.68. The quantitative estimate of drug-likeness (QED) is 0.781. The molecule has 23 heavy (non-hydrogen) atoms. The average molecular weight is 336 g/mol. The van der Waals surface area contributed by atoms with Gasteiger partial charge in [-0.05, 0) is 20.8 Å². The molecule has 2 aromatic rings. The van der Waals surface area contributed by atoms with Crippen LogP contribution >= 0.6 is 11.3 Å². The Morgan fingerprint density at radius 1 is 1.48 bits per heavy atom. The molecule has 0 spiro atoms. The van der Waals surface area contributed by atoms with Gasteiger partial charge in [0.1, 0.15) is 17.6 Å². The lowest BCUT2D eigenvalue weighted by molar-refractivity contribution is -0.134. The molecule has 10 heteroatoms. The summed E-state index contributed by atoms with van der Waals surface area (Å²) < 4.78 is 1.63. The maximum absolute atomic E-state index is 12.1. The van der Waals surface area contributed by atoms with Crippen LogP contribution in [-0.4, -0.2) is 49.4 Å². The highest BCUT2D eigenvalue weighted by Crippen LogP contribution is 2.17. The molecule has 0 radical (unpaired) electrons. The molecule has 9 nitrogen and oxygen atoms in total. The van der Waals surface area contributed by atoms with Gasteiger partial charge in [-0.3, -0.25) is 14.5 Å². The smallest absolute Gasteiger partial charge is 0.325 e. The van der Waals surface area contributed by atoms with Gasteiger partial charge in [0.15, 0.2) is 0 Å². The molecule has 1 fully saturated rings. The number of imidazole rings is 1. The van der Waals surface area contributed by atoms with Crippen molar-refractivity contribution in [3.8, 4) is 0 Å². The Balaban J connectivity index is 1.64. The molecular weight excluding hydrogens is 320 g/mol. The van der Waals surface area contributed by atoms with Crippen molar-refractivity contribution in [2.75, 3.05) is 6.54 Å². The van der Waals surface area contributed by atoms with E-state index in [9.17, 15) is 14.4 Å². The largest absolute Gasteiger partial charge is 0.346 e. The van der Waals surface area contributed by atoms with Gasteiger partial charge in [-0.1, -0.05) is 11.3 Å². The number of rotatable bonds is 4. The standard InChI is InChI=1S/C13H16N6O3S/c1-7(8-4-19-12(16-8)23-6-14-19)15-9(20)5-18-10(21)13(2,3)17-11(18)22/h4,6-7H,5H2,1-3H3,(H,15,20)(H,17,22)/t7-/m1/s1. The van der Waals surface area contributed by atoms with Crippen molar-refractivity contribution >= 4 is 34.1 Å². The van der Waals surface area contributed by atoms with Gasteiger partial charge in [-0.15, -0.1) is 0 Å². The van der Waals surface area contributed by atoms with Gasteiger partial charge < -0.3 is 10.6 Å². The summed E-state index contributed by atoms with van der Waals surface area (Å²) in [6.07, 6.45) is 1.73. The molecule has 0 bridgehead atoms. The summed E-state index contributed by atoms with van der Waals surface area (Å²) in [5, 5.41) is 9.34. The summed E-state index contributed by atoms with van der Waals surface area (Å²) in [7, 11) is 0. The van der Waals surface area contributed by atoms with Crippen LogP contribution in [0.4, 0.5) is 4.79 Å². The zero-order valence-electron chi connectivity index (χ0n) is 12.9. The summed E-state index contributed by atoms with van der Waals surface area (Å²) in [5.41, 5.74) is 1.35. The number of hydrogen-bond acceptors (Lipinski definition) is 6. The van der Waals surface area contributed by atoms with Gasteiger partial charge in [0.25, 0.3) is 5.91 Å². The second-order valence-electron chi connectivity index (χ2n) is 5.87. The first kappa shape index (κ1) is 15.4. The summed E-state index contributed by atoms with van der Waals surface area (Å²) >= 11 is 1.39. The van der Waals surface area contributed by atoms with Gasteiger partial charge in [-0.2, -0.15) is 5.10 Å². The van der Waals surface area contributed by atoms with Crippen LogP contribution in [0.25, 0.3) is 4.96 Å². The minimum atomic E-state index is -0.983. The number of carbonyl (C=O) groups excluding carboxylic acids is 3. The third-order valence-corrected chi connectivity index (χ3v) is 4.26. The highest BCUT2D eigenvalue weighted by Gasteiger charge is 2.44. The fourth-order valence-corrected chi connectivity index (χ4v) is 2.94. The van der Waals surface area contributed by atoms with Gasteiger partial charge in [0.2, 0.25) is 10.9 Å². The minimum Gasteiger partial charge on any atom is -0.346 e. The van der Waals surface area contributed by atoms with Crippen LogP contribution in [0.5, 0.6) is 0 Å². The maximum Gasteiger partial charge on any atom is 0.325 e. The number of urea groups is 1. The first-order valence-corrected chi connectivity index (χ1v) is 7.88. The number of imide groups is 1. The molecule has 0 unspecified atom stereocenters. The van der Waals surface area contributed by atoms with Gasteiger partial charge in [-0.25, -0.2) is 14.3 Å². The van der Waals surface area contributed by atoms with Crippen LogP contribution in [-0.2, 0) is 9.59 Å². The van der Waals surface area contributed by atoms with Gasteiger partial charge in [0.05, 0.1) is 17.9 Å². The van der Waals surface area contributed by atoms with Crippen LogP contribution in [0.2, 0.25) is 0 Å². The van der Waals surface area contributed by atoms with E-state index in [1.807, 2.05) is 0 Å². The number of nitrogens with zero attached hydrogens (tertiary/aromatic N) is 4. The van der Waals surface area contributed by atoms with E-state index in [-0.39, 0.29) is 12.6 Å². The molecular formula is C13H16N6O3S. The monoisotopic (exact) mass is 336 g/mol. The SMILES string of the molecule is C[C@@H](NC(=O)CN1C(=O)NC(C)(C)C1=O)c1cn2ncsc2n1. The molecule has 0 aromatic carbocycles. The van der Waals surface area contributed by atoms with Crippen molar-refractivity contribution in [1.82, 2.24) is 30.1 Å². The molecule has 4 amide bonds. The average Bonchev–Trinajstić information content (AvgIpc) is 3.08. The molecule has 122 valence electrons. The third kappa shape index (κ3) is 2.77. The summed E-state index contributed by atoms with van der Waals surface area (Å²) in [6, 6.07) is -0.917. The van der Waals surface area contributed by atoms with E-state index in [1.165, 1.54) is 11.3 Å². The van der Waals surface area contributed by atoms with Crippen molar-refractivity contribution in [3.05, 3.63) is 17.4 Å². The molecule has 1 aliphatic rings. The van der Waals surface area contributed by atoms with Gasteiger partial charge >= 0.3 is 6.03 Å². The van der Waals surface area contributed by atoms with Crippen LogP contribution in [0.3, 0.4) is 0 Å². The lowest BCUT2D eigenvalue weighted by atomic mass is 10.1. The van der Waals surface area contributed by atoms with Crippen LogP contribution < -0.4 is 10.6 Å². The van der Waals surface area contributed by atoms with E-state index in [0.717, 1.165) is 9.86 Å². The van der Waals surface area contributed by atoms with E-state index in [0.29, 0.717) is 5.69 Å². The minimum absolute atomic E-state index is 0.321. The van der Waals surface area contributed by atoms with E-state index >= 15 is 0 Å². The number of fused-ring (bicyclic) bond motifs is 1. The fraction of sp³-hybridized carbons (Fsp3) is 0.462. The van der Waals surface area contributed by atoms with Gasteiger partial charge in [0, 0.05) is 0 Å². The molecule has 3 rings (SSSR count). The van der Waals surface area contributed by atoms with E-state index < -0.39 is 23.4 Å². The summed E-state index contributed by atoms with van der Waals surface area (Å²) in [5.74, 6) is -0.847. The number of carbonyl (C=O) groups is 3. The predicted octanol–water partition coefficient (Wildman–Crippen LogP) is 0.298. The molecule has 2 N–H and O–H groups in total. The Kier molecular flexibility index (Phi) is 3.55. The van der Waals surface area contributed by atoms with E-state index in [4.69, 9.17) is 0 Å². The number of amides is 4. The van der Waals surface area contributed by atoms with Crippen molar-refractivity contribution in [3.63, 3.8) is 0 Å². The fourth-order valence-electron chi connectivity index (χ4n) is 2.33. The Labute approximate surface area is 135 Å². The first-order valence-electron chi connectivity index (χ1n) is 7.00. The lowest BCUT2D eigenvalue weighted by Crippen LogP contribution is -2.43. The molecule has 3 heterocycles. The predicted molar refractivity (Wildman–Crippen MR) is 81.7 cm³/mol. The molecule has 2 aromatic heterocycles. The zero-order chi connectivity index (χ0) is 16.8. The number of hydrogen-bond donors (Lipinski definition) is 2. The van der Waals surface area contributed by atoms with Crippen molar-refractivity contribution in [2.45, 2.75) is 32.4 Å². The molecule has 0 saturated carbocycles. The van der Waals surface area contributed by atoms with E-state index in [2.05, 4.69) is 20.7 Å². The van der Waals surface area contributed by atoms with Crippen molar-refractivity contribution in [1.29, 1.82) is 0 Å².